The fourth-order valence-corrected chi connectivity index (χ4v) is 1.86. The van der Waals surface area contributed by atoms with E-state index in [2.05, 4.69) is 10.3 Å². The second kappa shape index (κ2) is 6.16. The van der Waals surface area contributed by atoms with E-state index >= 15 is 0 Å². The number of furan rings is 1. The Morgan fingerprint density at radius 3 is 2.95 bits per heavy atom. The quantitative estimate of drug-likeness (QED) is 0.518. The van der Waals surface area contributed by atoms with Crippen LogP contribution in [-0.2, 0) is 6.42 Å². The highest BCUT2D eigenvalue weighted by molar-refractivity contribution is 6.32. The standard InChI is InChI=1S/C12H10ClN3O4/c13-11-10(16(18)19)9(4-6-14-11)12(17)15-5-3-8-2-1-7-20-8/h1-2,4,6-7H,3,5H2,(H,15,17). The zero-order valence-electron chi connectivity index (χ0n) is 10.2. The molecule has 0 aliphatic carbocycles. The zero-order valence-corrected chi connectivity index (χ0v) is 11.0. The van der Waals surface area contributed by atoms with Gasteiger partial charge in [0.2, 0.25) is 5.15 Å². The Labute approximate surface area is 118 Å². The molecule has 0 aliphatic rings. The Morgan fingerprint density at radius 2 is 2.30 bits per heavy atom. The molecule has 1 N–H and O–H groups in total. The number of amides is 1. The lowest BCUT2D eigenvalue weighted by Crippen LogP contribution is -2.26. The first-order valence-electron chi connectivity index (χ1n) is 5.69. The first kappa shape index (κ1) is 14.0. The van der Waals surface area contributed by atoms with E-state index in [4.69, 9.17) is 16.0 Å². The Balaban J connectivity index is 2.06. The van der Waals surface area contributed by atoms with E-state index in [9.17, 15) is 14.9 Å². The molecule has 0 fully saturated rings. The van der Waals surface area contributed by atoms with Gasteiger partial charge in [-0.15, -0.1) is 0 Å². The molecule has 0 aromatic carbocycles. The van der Waals surface area contributed by atoms with E-state index in [1.54, 1.807) is 12.1 Å². The van der Waals surface area contributed by atoms with Gasteiger partial charge in [-0.25, -0.2) is 4.98 Å². The number of carbonyl (C=O) groups excluding carboxylic acids is 1. The lowest BCUT2D eigenvalue weighted by atomic mass is 10.2. The summed E-state index contributed by atoms with van der Waals surface area (Å²) in [6, 6.07) is 4.77. The van der Waals surface area contributed by atoms with Crippen molar-refractivity contribution in [1.29, 1.82) is 0 Å². The molecule has 0 saturated carbocycles. The van der Waals surface area contributed by atoms with Gasteiger partial charge in [-0.1, -0.05) is 11.6 Å². The molecule has 7 nitrogen and oxygen atoms in total. The number of nitro groups is 1. The smallest absolute Gasteiger partial charge is 0.319 e. The van der Waals surface area contributed by atoms with Gasteiger partial charge >= 0.3 is 5.69 Å². The van der Waals surface area contributed by atoms with E-state index in [0.29, 0.717) is 18.7 Å². The van der Waals surface area contributed by atoms with Crippen molar-refractivity contribution < 1.29 is 14.1 Å². The van der Waals surface area contributed by atoms with Crippen molar-refractivity contribution in [3.8, 4) is 0 Å². The van der Waals surface area contributed by atoms with Crippen molar-refractivity contribution in [1.82, 2.24) is 10.3 Å². The molecule has 1 amide bonds. The van der Waals surface area contributed by atoms with Crippen LogP contribution in [0.1, 0.15) is 16.1 Å². The molecule has 8 heteroatoms. The average molecular weight is 296 g/mol. The molecule has 0 spiro atoms. The van der Waals surface area contributed by atoms with E-state index in [1.165, 1.54) is 18.5 Å². The summed E-state index contributed by atoms with van der Waals surface area (Å²) in [7, 11) is 0. The summed E-state index contributed by atoms with van der Waals surface area (Å²) in [5.74, 6) is 0.139. The van der Waals surface area contributed by atoms with Gasteiger partial charge in [-0.05, 0) is 18.2 Å². The molecule has 0 radical (unpaired) electrons. The molecule has 0 saturated heterocycles. The molecule has 20 heavy (non-hydrogen) atoms. The third kappa shape index (κ3) is 3.12. The van der Waals surface area contributed by atoms with Gasteiger partial charge in [0.05, 0.1) is 11.2 Å². The second-order valence-electron chi connectivity index (χ2n) is 3.84. The molecule has 0 atom stereocenters. The first-order valence-corrected chi connectivity index (χ1v) is 6.07. The van der Waals surface area contributed by atoms with Gasteiger partial charge in [-0.3, -0.25) is 14.9 Å². The van der Waals surface area contributed by atoms with E-state index in [1.807, 2.05) is 0 Å². The molecule has 0 unspecified atom stereocenters. The molecular formula is C12H10ClN3O4. The molecule has 2 heterocycles. The third-order valence-corrected chi connectivity index (χ3v) is 2.82. The highest BCUT2D eigenvalue weighted by atomic mass is 35.5. The number of nitrogens with zero attached hydrogens (tertiary/aromatic N) is 2. The van der Waals surface area contributed by atoms with Gasteiger partial charge < -0.3 is 9.73 Å². The van der Waals surface area contributed by atoms with Gasteiger partial charge in [-0.2, -0.15) is 0 Å². The van der Waals surface area contributed by atoms with Gasteiger partial charge in [0.25, 0.3) is 5.91 Å². The molecule has 104 valence electrons. The number of pyridine rings is 1. The van der Waals surface area contributed by atoms with Crippen molar-refractivity contribution in [2.45, 2.75) is 6.42 Å². The predicted molar refractivity (Wildman–Crippen MR) is 70.6 cm³/mol. The van der Waals surface area contributed by atoms with Crippen LogP contribution in [0.5, 0.6) is 0 Å². The molecule has 2 aromatic rings. The maximum atomic E-state index is 11.9. The minimum atomic E-state index is -0.725. The van der Waals surface area contributed by atoms with E-state index in [0.717, 1.165) is 0 Å². The van der Waals surface area contributed by atoms with Crippen LogP contribution in [0.4, 0.5) is 5.69 Å². The largest absolute Gasteiger partial charge is 0.469 e. The number of hydrogen-bond donors (Lipinski definition) is 1. The number of aromatic nitrogens is 1. The number of nitrogens with one attached hydrogen (secondary N) is 1. The SMILES string of the molecule is O=C(NCCc1ccco1)c1ccnc(Cl)c1[N+](=O)[O-]. The summed E-state index contributed by atoms with van der Waals surface area (Å²) in [4.78, 5) is 25.7. The summed E-state index contributed by atoms with van der Waals surface area (Å²) in [6.45, 7) is 0.295. The maximum absolute atomic E-state index is 11.9. The van der Waals surface area contributed by atoms with E-state index < -0.39 is 16.5 Å². The first-order chi connectivity index (χ1) is 9.59. The zero-order chi connectivity index (χ0) is 14.5. The van der Waals surface area contributed by atoms with Gasteiger partial charge in [0.15, 0.2) is 0 Å². The average Bonchev–Trinajstić information content (AvgIpc) is 2.91. The molecule has 2 rings (SSSR count). The topological polar surface area (TPSA) is 98.3 Å². The Kier molecular flexibility index (Phi) is 4.31. The van der Waals surface area contributed by atoms with Crippen molar-refractivity contribution in [3.05, 3.63) is 57.3 Å². The van der Waals surface area contributed by atoms with Crippen LogP contribution >= 0.6 is 11.6 Å². The monoisotopic (exact) mass is 295 g/mol. The van der Waals surface area contributed by atoms with Crippen LogP contribution in [0.3, 0.4) is 0 Å². The Bertz CT molecular complexity index is 628. The number of rotatable bonds is 5. The minimum Gasteiger partial charge on any atom is -0.469 e. The van der Waals surface area contributed by atoms with Crippen LogP contribution < -0.4 is 5.32 Å². The van der Waals surface area contributed by atoms with Crippen LogP contribution in [0.2, 0.25) is 5.15 Å². The van der Waals surface area contributed by atoms with Crippen LogP contribution in [0.25, 0.3) is 0 Å². The summed E-state index contributed by atoms with van der Waals surface area (Å²) < 4.78 is 5.11. The minimum absolute atomic E-state index is 0.116. The van der Waals surface area contributed by atoms with Crippen LogP contribution in [0, 0.1) is 10.1 Å². The van der Waals surface area contributed by atoms with Crippen LogP contribution in [-0.4, -0.2) is 22.4 Å². The molecule has 0 bridgehead atoms. The normalized spacial score (nSPS) is 10.2. The molecular weight excluding hydrogens is 286 g/mol. The highest BCUT2D eigenvalue weighted by Gasteiger charge is 2.24. The lowest BCUT2D eigenvalue weighted by molar-refractivity contribution is -0.385. The molecule has 2 aromatic heterocycles. The predicted octanol–water partition coefficient (Wildman–Crippen LogP) is 2.21. The number of carbonyl (C=O) groups is 1. The fraction of sp³-hybridized carbons (Fsp3) is 0.167. The summed E-state index contributed by atoms with van der Waals surface area (Å²) in [5.41, 5.74) is -0.612. The van der Waals surface area contributed by atoms with Crippen molar-refractivity contribution in [3.63, 3.8) is 0 Å². The summed E-state index contributed by atoms with van der Waals surface area (Å²) in [5, 5.41) is 13.2. The molecule has 0 aliphatic heterocycles. The van der Waals surface area contributed by atoms with Crippen molar-refractivity contribution in [2.75, 3.05) is 6.54 Å². The van der Waals surface area contributed by atoms with Crippen molar-refractivity contribution >= 4 is 23.2 Å². The Morgan fingerprint density at radius 1 is 1.50 bits per heavy atom. The van der Waals surface area contributed by atoms with Gasteiger partial charge in [0, 0.05) is 19.2 Å². The Hall–Kier alpha value is -2.41. The second-order valence-corrected chi connectivity index (χ2v) is 4.20. The third-order valence-electron chi connectivity index (χ3n) is 2.54. The summed E-state index contributed by atoms with van der Waals surface area (Å²) >= 11 is 5.64. The lowest BCUT2D eigenvalue weighted by Gasteiger charge is -2.05. The highest BCUT2D eigenvalue weighted by Crippen LogP contribution is 2.25. The van der Waals surface area contributed by atoms with Crippen molar-refractivity contribution in [2.24, 2.45) is 0 Å². The fourth-order valence-electron chi connectivity index (χ4n) is 1.63. The van der Waals surface area contributed by atoms with E-state index in [-0.39, 0.29) is 10.7 Å². The number of hydrogen-bond acceptors (Lipinski definition) is 5. The van der Waals surface area contributed by atoms with Gasteiger partial charge in [0.1, 0.15) is 11.3 Å². The van der Waals surface area contributed by atoms with Crippen LogP contribution in [0.15, 0.2) is 35.1 Å². The summed E-state index contributed by atoms with van der Waals surface area (Å²) in [6.07, 6.45) is 3.27. The maximum Gasteiger partial charge on any atom is 0.319 e. The number of halogens is 1.